The number of hydrogen-bond acceptors (Lipinski definition) is 4. The van der Waals surface area contributed by atoms with Gasteiger partial charge in [-0.1, -0.05) is 24.3 Å². The zero-order chi connectivity index (χ0) is 20.2. The lowest BCUT2D eigenvalue weighted by molar-refractivity contribution is 0.0657. The summed E-state index contributed by atoms with van der Waals surface area (Å²) in [5.74, 6) is 2.36. The third-order valence-corrected chi connectivity index (χ3v) is 3.98. The van der Waals surface area contributed by atoms with Crippen molar-refractivity contribution in [3.63, 3.8) is 0 Å². The topological polar surface area (TPSA) is 64.1 Å². The van der Waals surface area contributed by atoms with Gasteiger partial charge in [0, 0.05) is 13.6 Å². The van der Waals surface area contributed by atoms with Gasteiger partial charge in [0.15, 0.2) is 5.96 Å². The van der Waals surface area contributed by atoms with Crippen molar-refractivity contribution >= 4 is 29.9 Å². The third kappa shape index (κ3) is 9.85. The van der Waals surface area contributed by atoms with Crippen LogP contribution in [0.4, 0.5) is 0 Å². The predicted molar refractivity (Wildman–Crippen MR) is 128 cm³/mol. The minimum atomic E-state index is 0. The Kier molecular flexibility index (Phi) is 12.1. The van der Waals surface area contributed by atoms with Crippen molar-refractivity contribution in [2.24, 2.45) is 4.99 Å². The van der Waals surface area contributed by atoms with Gasteiger partial charge in [-0.3, -0.25) is 4.99 Å². The largest absolute Gasteiger partial charge is 0.497 e. The number of benzene rings is 2. The molecule has 2 aromatic carbocycles. The number of nitrogens with zero attached hydrogens (tertiary/aromatic N) is 1. The molecule has 2 rings (SSSR count). The molecule has 2 N–H and O–H groups in total. The molecular formula is C22H32IN3O3. The number of aliphatic imine (C=N–C) groups is 1. The van der Waals surface area contributed by atoms with Crippen LogP contribution in [-0.2, 0) is 17.9 Å². The Morgan fingerprint density at radius 1 is 1.00 bits per heavy atom. The van der Waals surface area contributed by atoms with Crippen molar-refractivity contribution in [2.75, 3.05) is 27.3 Å². The molecule has 0 unspecified atom stereocenters. The lowest BCUT2D eigenvalue weighted by Gasteiger charge is -2.13. The van der Waals surface area contributed by atoms with Crippen molar-refractivity contribution in [2.45, 2.75) is 33.1 Å². The number of ether oxygens (including phenoxy) is 3. The van der Waals surface area contributed by atoms with Gasteiger partial charge in [0.05, 0.1) is 26.4 Å². The number of halogens is 1. The Labute approximate surface area is 191 Å². The lowest BCUT2D eigenvalue weighted by Crippen LogP contribution is -2.38. The summed E-state index contributed by atoms with van der Waals surface area (Å²) in [6.07, 6.45) is 0.227. The first kappa shape index (κ1) is 25.0. The van der Waals surface area contributed by atoms with Crippen LogP contribution < -0.4 is 20.1 Å². The molecule has 0 aliphatic rings. The quantitative estimate of drug-likeness (QED) is 0.218. The van der Waals surface area contributed by atoms with Crippen molar-refractivity contribution in [3.05, 3.63) is 59.7 Å². The number of nitrogens with one attached hydrogen (secondary N) is 2. The van der Waals surface area contributed by atoms with Gasteiger partial charge in [-0.25, -0.2) is 0 Å². The van der Waals surface area contributed by atoms with E-state index in [1.807, 2.05) is 38.1 Å². The zero-order valence-electron chi connectivity index (χ0n) is 17.6. The third-order valence-electron chi connectivity index (χ3n) is 3.98. The minimum absolute atomic E-state index is 0. The maximum absolute atomic E-state index is 5.71. The van der Waals surface area contributed by atoms with Crippen LogP contribution in [0.1, 0.15) is 25.0 Å². The van der Waals surface area contributed by atoms with Crippen LogP contribution in [0.3, 0.4) is 0 Å². The molecule has 29 heavy (non-hydrogen) atoms. The molecule has 0 aliphatic heterocycles. The summed E-state index contributed by atoms with van der Waals surface area (Å²) in [6.45, 7) is 6.58. The fourth-order valence-electron chi connectivity index (χ4n) is 2.51. The smallest absolute Gasteiger partial charge is 0.191 e. The number of methoxy groups -OCH3 is 1. The van der Waals surface area contributed by atoms with E-state index in [4.69, 9.17) is 14.2 Å². The molecule has 0 aromatic heterocycles. The second-order valence-corrected chi connectivity index (χ2v) is 6.56. The Hall–Kier alpha value is -2.00. The van der Waals surface area contributed by atoms with E-state index in [1.165, 1.54) is 11.1 Å². The summed E-state index contributed by atoms with van der Waals surface area (Å²) < 4.78 is 16.5. The maximum atomic E-state index is 5.71. The molecule has 0 heterocycles. The number of guanidine groups is 1. The Bertz CT molecular complexity index is 736. The molecule has 7 heteroatoms. The molecule has 0 saturated carbocycles. The summed E-state index contributed by atoms with van der Waals surface area (Å²) >= 11 is 0. The standard InChI is InChI=1S/C22H31N3O3.HI/c1-17(2)28-16-19-7-5-6-18(14-19)15-25-22(23-3)24-12-13-27-21-10-8-20(26-4)9-11-21;/h5-11,14,17H,12-13,15-16H2,1-4H3,(H2,23,24,25);1H. The van der Waals surface area contributed by atoms with Gasteiger partial charge in [-0.2, -0.15) is 0 Å². The number of hydrogen-bond donors (Lipinski definition) is 2. The van der Waals surface area contributed by atoms with Gasteiger partial charge in [0.1, 0.15) is 18.1 Å². The van der Waals surface area contributed by atoms with Gasteiger partial charge >= 0.3 is 0 Å². The Balaban J connectivity index is 0.00000420. The number of rotatable bonds is 10. The average Bonchev–Trinajstić information content (AvgIpc) is 2.72. The van der Waals surface area contributed by atoms with Crippen molar-refractivity contribution in [3.8, 4) is 11.5 Å². The average molecular weight is 513 g/mol. The second-order valence-electron chi connectivity index (χ2n) is 6.56. The van der Waals surface area contributed by atoms with Crippen molar-refractivity contribution in [1.29, 1.82) is 0 Å². The molecule has 2 aromatic rings. The Morgan fingerprint density at radius 3 is 2.34 bits per heavy atom. The molecule has 160 valence electrons. The van der Waals surface area contributed by atoms with Crippen LogP contribution in [0.15, 0.2) is 53.5 Å². The van der Waals surface area contributed by atoms with E-state index < -0.39 is 0 Å². The van der Waals surface area contributed by atoms with Crippen LogP contribution in [0.5, 0.6) is 11.5 Å². The molecule has 0 saturated heterocycles. The fourth-order valence-corrected chi connectivity index (χ4v) is 2.51. The maximum Gasteiger partial charge on any atom is 0.191 e. The molecule has 0 spiro atoms. The predicted octanol–water partition coefficient (Wildman–Crippen LogP) is 3.98. The summed E-state index contributed by atoms with van der Waals surface area (Å²) in [4.78, 5) is 4.25. The van der Waals surface area contributed by atoms with Crippen LogP contribution in [-0.4, -0.2) is 39.4 Å². The SMILES string of the molecule is CN=C(NCCOc1ccc(OC)cc1)NCc1cccc(COC(C)C)c1.I. The van der Waals surface area contributed by atoms with Crippen LogP contribution >= 0.6 is 24.0 Å². The summed E-state index contributed by atoms with van der Waals surface area (Å²) in [5.41, 5.74) is 2.35. The first-order valence-corrected chi connectivity index (χ1v) is 9.51. The van der Waals surface area contributed by atoms with Crippen LogP contribution in [0.2, 0.25) is 0 Å². The first-order chi connectivity index (χ1) is 13.6. The highest BCUT2D eigenvalue weighted by molar-refractivity contribution is 14.0. The van der Waals surface area contributed by atoms with E-state index in [9.17, 15) is 0 Å². The second kappa shape index (κ2) is 14.1. The van der Waals surface area contributed by atoms with Crippen LogP contribution in [0, 0.1) is 0 Å². The van der Waals surface area contributed by atoms with E-state index in [1.54, 1.807) is 14.2 Å². The summed E-state index contributed by atoms with van der Waals surface area (Å²) in [7, 11) is 3.40. The minimum Gasteiger partial charge on any atom is -0.497 e. The van der Waals surface area contributed by atoms with Crippen molar-refractivity contribution in [1.82, 2.24) is 10.6 Å². The summed E-state index contributed by atoms with van der Waals surface area (Å²) in [6, 6.07) is 15.9. The van der Waals surface area contributed by atoms with E-state index in [2.05, 4.69) is 39.9 Å². The van der Waals surface area contributed by atoms with Gasteiger partial charge < -0.3 is 24.8 Å². The fraction of sp³-hybridized carbons (Fsp3) is 0.409. The van der Waals surface area contributed by atoms with E-state index in [0.29, 0.717) is 26.3 Å². The first-order valence-electron chi connectivity index (χ1n) is 9.51. The lowest BCUT2D eigenvalue weighted by atomic mass is 10.1. The summed E-state index contributed by atoms with van der Waals surface area (Å²) in [5, 5.41) is 6.57. The molecule has 0 bridgehead atoms. The monoisotopic (exact) mass is 513 g/mol. The molecule has 0 atom stereocenters. The molecule has 0 fully saturated rings. The van der Waals surface area contributed by atoms with E-state index >= 15 is 0 Å². The van der Waals surface area contributed by atoms with Crippen LogP contribution in [0.25, 0.3) is 0 Å². The zero-order valence-corrected chi connectivity index (χ0v) is 19.9. The van der Waals surface area contributed by atoms with Gasteiger partial charge in [-0.15, -0.1) is 24.0 Å². The normalized spacial score (nSPS) is 11.0. The van der Waals surface area contributed by atoms with Gasteiger partial charge in [-0.05, 0) is 49.2 Å². The molecule has 6 nitrogen and oxygen atoms in total. The highest BCUT2D eigenvalue weighted by Crippen LogP contribution is 2.16. The van der Waals surface area contributed by atoms with Crippen molar-refractivity contribution < 1.29 is 14.2 Å². The van der Waals surface area contributed by atoms with Gasteiger partial charge in [0.25, 0.3) is 0 Å². The molecule has 0 aliphatic carbocycles. The van der Waals surface area contributed by atoms with E-state index in [0.717, 1.165) is 17.5 Å². The van der Waals surface area contributed by atoms with Gasteiger partial charge in [0.2, 0.25) is 0 Å². The molecule has 0 radical (unpaired) electrons. The highest BCUT2D eigenvalue weighted by Gasteiger charge is 2.02. The molecular weight excluding hydrogens is 481 g/mol. The Morgan fingerprint density at radius 2 is 1.69 bits per heavy atom. The highest BCUT2D eigenvalue weighted by atomic mass is 127. The van der Waals surface area contributed by atoms with E-state index in [-0.39, 0.29) is 30.1 Å². The molecule has 0 amide bonds.